The van der Waals surface area contributed by atoms with Crippen molar-refractivity contribution < 1.29 is 19.4 Å². The number of para-hydroxylation sites is 2. The molecule has 8 nitrogen and oxygen atoms in total. The van der Waals surface area contributed by atoms with E-state index in [-0.39, 0.29) is 35.5 Å². The highest BCUT2D eigenvalue weighted by Crippen LogP contribution is 2.34. The number of nitrogens with zero attached hydrogens (tertiary/aromatic N) is 2. The van der Waals surface area contributed by atoms with Crippen molar-refractivity contribution in [2.45, 2.75) is 70.7 Å². The van der Waals surface area contributed by atoms with Crippen molar-refractivity contribution in [3.8, 4) is 5.75 Å². The molecule has 0 aromatic heterocycles. The number of rotatable bonds is 7. The van der Waals surface area contributed by atoms with Crippen LogP contribution in [0.3, 0.4) is 0 Å². The first-order valence-electron chi connectivity index (χ1n) is 11.5. The van der Waals surface area contributed by atoms with Gasteiger partial charge >= 0.3 is 6.03 Å². The van der Waals surface area contributed by atoms with Gasteiger partial charge in [-0.2, -0.15) is 0 Å². The largest absolute Gasteiger partial charge is 0.506 e. The third-order valence-electron chi connectivity index (χ3n) is 6.31. The second-order valence-electron chi connectivity index (χ2n) is 8.65. The number of anilines is 1. The molecular weight excluding hydrogens is 408 g/mol. The Morgan fingerprint density at radius 3 is 2.72 bits per heavy atom. The predicted octanol–water partition coefficient (Wildman–Crippen LogP) is 3.55. The fourth-order valence-electron chi connectivity index (χ4n) is 4.48. The highest BCUT2D eigenvalue weighted by molar-refractivity contribution is 6.04. The second-order valence-corrected chi connectivity index (χ2v) is 8.65. The van der Waals surface area contributed by atoms with Crippen LogP contribution in [0.2, 0.25) is 0 Å². The van der Waals surface area contributed by atoms with E-state index >= 15 is 0 Å². The Labute approximate surface area is 188 Å². The van der Waals surface area contributed by atoms with E-state index in [0.717, 1.165) is 50.7 Å². The lowest BCUT2D eigenvalue weighted by atomic mass is 9.93. The summed E-state index contributed by atoms with van der Waals surface area (Å²) in [6.07, 6.45) is 8.95. The molecular formula is C24H32N4O4. The average molecular weight is 441 g/mol. The molecule has 3 N–H and O–H groups in total. The van der Waals surface area contributed by atoms with E-state index in [2.05, 4.69) is 17.6 Å². The number of hydrogen-bond acceptors (Lipinski definition) is 5. The zero-order valence-electron chi connectivity index (χ0n) is 18.7. The zero-order valence-corrected chi connectivity index (χ0v) is 18.7. The van der Waals surface area contributed by atoms with Crippen LogP contribution in [0.4, 0.5) is 10.5 Å². The Hall–Kier alpha value is -3.00. The topological polar surface area (TPSA) is 94.1 Å². The third-order valence-corrected chi connectivity index (χ3v) is 6.31. The number of unbranched alkanes of at least 4 members (excludes halogenated alkanes) is 1. The van der Waals surface area contributed by atoms with E-state index in [1.807, 2.05) is 6.92 Å². The minimum Gasteiger partial charge on any atom is -0.506 e. The summed E-state index contributed by atoms with van der Waals surface area (Å²) in [6, 6.07) is 6.34. The van der Waals surface area contributed by atoms with E-state index in [1.54, 1.807) is 30.6 Å². The molecule has 0 bridgehead atoms. The number of urea groups is 1. The molecule has 3 aliphatic rings. The summed E-state index contributed by atoms with van der Waals surface area (Å²) < 4.78 is 5.92. The van der Waals surface area contributed by atoms with Crippen molar-refractivity contribution in [2.75, 3.05) is 11.5 Å². The average Bonchev–Trinajstić information content (AvgIpc) is 3.25. The van der Waals surface area contributed by atoms with E-state index in [4.69, 9.17) is 4.74 Å². The quantitative estimate of drug-likeness (QED) is 0.564. The number of carbonyl (C=O) groups excluding carboxylic acids is 2. The molecule has 1 atom stereocenters. The summed E-state index contributed by atoms with van der Waals surface area (Å²) in [4.78, 5) is 29.2. The molecule has 172 valence electrons. The number of nitrogens with one attached hydrogen (secondary N) is 2. The van der Waals surface area contributed by atoms with Gasteiger partial charge in [-0.05, 0) is 56.7 Å². The molecule has 4 rings (SSSR count). The summed E-state index contributed by atoms with van der Waals surface area (Å²) in [5.74, 6) is -0.265. The predicted molar refractivity (Wildman–Crippen MR) is 122 cm³/mol. The Morgan fingerprint density at radius 2 is 2.00 bits per heavy atom. The molecule has 3 amide bonds. The van der Waals surface area contributed by atoms with Crippen molar-refractivity contribution in [2.24, 2.45) is 0 Å². The van der Waals surface area contributed by atoms with E-state index < -0.39 is 6.17 Å². The van der Waals surface area contributed by atoms with E-state index in [0.29, 0.717) is 5.69 Å². The maximum Gasteiger partial charge on any atom is 0.335 e. The summed E-state index contributed by atoms with van der Waals surface area (Å²) in [7, 11) is 0. The van der Waals surface area contributed by atoms with Crippen molar-refractivity contribution in [3.63, 3.8) is 0 Å². The number of carbonyl (C=O) groups is 2. The van der Waals surface area contributed by atoms with Gasteiger partial charge < -0.3 is 20.5 Å². The molecule has 1 aliphatic carbocycles. The molecule has 1 saturated carbocycles. The summed E-state index contributed by atoms with van der Waals surface area (Å²) in [6.45, 7) is 4.84. The van der Waals surface area contributed by atoms with Gasteiger partial charge in [0.15, 0.2) is 0 Å². The van der Waals surface area contributed by atoms with Crippen LogP contribution in [0.15, 0.2) is 47.9 Å². The van der Waals surface area contributed by atoms with Gasteiger partial charge in [0.05, 0.1) is 11.8 Å². The van der Waals surface area contributed by atoms with Crippen molar-refractivity contribution in [3.05, 3.63) is 47.9 Å². The lowest BCUT2D eigenvalue weighted by Crippen LogP contribution is -2.53. The normalized spacial score (nSPS) is 25.1. The monoisotopic (exact) mass is 440 g/mol. The Balaban J connectivity index is 1.40. The Bertz CT molecular complexity index is 920. The highest BCUT2D eigenvalue weighted by atomic mass is 16.5. The number of hydrogen-bond donors (Lipinski definition) is 3. The molecule has 2 heterocycles. The molecule has 1 fully saturated rings. The molecule has 1 aromatic rings. The smallest absolute Gasteiger partial charge is 0.335 e. The van der Waals surface area contributed by atoms with Crippen LogP contribution in [-0.4, -0.2) is 46.9 Å². The van der Waals surface area contributed by atoms with Gasteiger partial charge in [-0.15, -0.1) is 0 Å². The summed E-state index contributed by atoms with van der Waals surface area (Å²) in [5, 5.41) is 16.5. The van der Waals surface area contributed by atoms with Gasteiger partial charge in [-0.25, -0.2) is 4.79 Å². The van der Waals surface area contributed by atoms with E-state index in [9.17, 15) is 14.7 Å². The number of fused-ring (bicyclic) bond motifs is 1. The summed E-state index contributed by atoms with van der Waals surface area (Å²) >= 11 is 0. The standard InChI is InChI=1S/C24H32N4O4/c1-3-4-13-32-18-11-9-17(10-12-18)26-23(30)20-14-25-22-16(2)15-27(24(31)28(20)22)19-7-5-6-8-21(19)29/h5-8,14-15,17-18,22,25,29H,3-4,9-13H2,1-2H3,(H,26,30). The second kappa shape index (κ2) is 9.65. The first kappa shape index (κ1) is 22.2. The van der Waals surface area contributed by atoms with Crippen molar-refractivity contribution in [1.29, 1.82) is 0 Å². The van der Waals surface area contributed by atoms with Crippen LogP contribution in [-0.2, 0) is 9.53 Å². The molecule has 2 aliphatic heterocycles. The lowest BCUT2D eigenvalue weighted by molar-refractivity contribution is -0.119. The maximum absolute atomic E-state index is 13.3. The number of phenolic OH excluding ortho intramolecular Hbond substituents is 1. The SMILES string of the molecule is CCCCOC1CCC(NC(=O)C2=CNC3C(C)=CN(c4ccccc4O)C(=O)N23)CC1. The van der Waals surface area contributed by atoms with Crippen molar-refractivity contribution >= 4 is 17.6 Å². The number of benzene rings is 1. The Kier molecular flexibility index (Phi) is 6.69. The van der Waals surface area contributed by atoms with Gasteiger partial charge in [0.25, 0.3) is 5.91 Å². The minimum absolute atomic E-state index is 0.00315. The molecule has 0 spiro atoms. The maximum atomic E-state index is 13.3. The lowest BCUT2D eigenvalue weighted by Gasteiger charge is -2.37. The molecule has 0 radical (unpaired) electrons. The van der Waals surface area contributed by atoms with Crippen LogP contribution < -0.4 is 15.5 Å². The number of aromatic hydroxyl groups is 1. The van der Waals surface area contributed by atoms with Crippen LogP contribution in [0.25, 0.3) is 0 Å². The number of phenols is 1. The Morgan fingerprint density at radius 1 is 1.25 bits per heavy atom. The number of ether oxygens (including phenoxy) is 1. The first-order valence-corrected chi connectivity index (χ1v) is 11.5. The summed E-state index contributed by atoms with van der Waals surface area (Å²) in [5.41, 5.74) is 1.52. The molecule has 1 unspecified atom stereocenters. The van der Waals surface area contributed by atoms with Crippen LogP contribution in [0.5, 0.6) is 5.75 Å². The van der Waals surface area contributed by atoms with Crippen LogP contribution in [0, 0.1) is 0 Å². The fraction of sp³-hybridized carbons (Fsp3) is 0.500. The van der Waals surface area contributed by atoms with E-state index in [1.165, 1.54) is 15.9 Å². The van der Waals surface area contributed by atoms with Gasteiger partial charge in [0.1, 0.15) is 17.6 Å². The highest BCUT2D eigenvalue weighted by Gasteiger charge is 2.42. The van der Waals surface area contributed by atoms with Crippen LogP contribution >= 0.6 is 0 Å². The van der Waals surface area contributed by atoms with Gasteiger partial charge in [0.2, 0.25) is 0 Å². The molecule has 8 heteroatoms. The minimum atomic E-state index is -0.409. The first-order chi connectivity index (χ1) is 15.5. The third kappa shape index (κ3) is 4.46. The van der Waals surface area contributed by atoms with Crippen molar-refractivity contribution in [1.82, 2.24) is 15.5 Å². The van der Waals surface area contributed by atoms with Gasteiger partial charge in [-0.1, -0.05) is 25.5 Å². The van der Waals surface area contributed by atoms with Gasteiger partial charge in [0, 0.05) is 25.0 Å². The van der Waals surface area contributed by atoms with Crippen LogP contribution in [0.1, 0.15) is 52.4 Å². The molecule has 1 aromatic carbocycles. The molecule has 0 saturated heterocycles. The number of amides is 3. The molecule has 32 heavy (non-hydrogen) atoms. The fourth-order valence-corrected chi connectivity index (χ4v) is 4.48. The zero-order chi connectivity index (χ0) is 22.7. The van der Waals surface area contributed by atoms with Gasteiger partial charge in [-0.3, -0.25) is 14.6 Å².